The lowest BCUT2D eigenvalue weighted by Crippen LogP contribution is -2.43. The van der Waals surface area contributed by atoms with E-state index in [9.17, 15) is 26.7 Å². The molecule has 1 saturated heterocycles. The summed E-state index contributed by atoms with van der Waals surface area (Å²) in [5, 5.41) is 10.9. The average molecular weight is 413 g/mol. The molecule has 0 radical (unpaired) electrons. The molecule has 0 spiro atoms. The Morgan fingerprint density at radius 1 is 1.32 bits per heavy atom. The zero-order valence-electron chi connectivity index (χ0n) is 12.5. The van der Waals surface area contributed by atoms with Gasteiger partial charge in [-0.15, -0.1) is 0 Å². The summed E-state index contributed by atoms with van der Waals surface area (Å²) in [7, 11) is -3.95. The zero-order valence-corrected chi connectivity index (χ0v) is 14.9. The van der Waals surface area contributed by atoms with E-state index in [1.165, 1.54) is 11.8 Å². The highest BCUT2D eigenvalue weighted by Gasteiger charge is 2.35. The number of hydrogen-bond donors (Lipinski definition) is 2. The van der Waals surface area contributed by atoms with Gasteiger partial charge in [0.25, 0.3) is 0 Å². The number of sulfone groups is 1. The highest BCUT2D eigenvalue weighted by Crippen LogP contribution is 2.39. The van der Waals surface area contributed by atoms with Crippen LogP contribution in [-0.2, 0) is 16.0 Å². The fraction of sp³-hybridized carbons (Fsp3) is 0.357. The first-order valence-corrected chi connectivity index (χ1v) is 10.1. The summed E-state index contributed by atoms with van der Waals surface area (Å²) in [5.41, 5.74) is -1.44. The number of fused-ring (bicyclic) bond motifs is 1. The third-order valence-electron chi connectivity index (χ3n) is 3.71. The Morgan fingerprint density at radius 2 is 2.04 bits per heavy atom. The van der Waals surface area contributed by atoms with E-state index in [0.29, 0.717) is 12.6 Å². The molecule has 25 heavy (non-hydrogen) atoms. The van der Waals surface area contributed by atoms with E-state index in [1.54, 1.807) is 0 Å². The largest absolute Gasteiger partial charge is 0.507 e. The number of rotatable bonds is 2. The van der Waals surface area contributed by atoms with Crippen molar-refractivity contribution in [3.8, 4) is 5.75 Å². The van der Waals surface area contributed by atoms with Crippen molar-refractivity contribution in [1.82, 2.24) is 10.3 Å². The van der Waals surface area contributed by atoms with Crippen molar-refractivity contribution in [3.63, 3.8) is 0 Å². The van der Waals surface area contributed by atoms with Crippen molar-refractivity contribution in [2.24, 2.45) is 0 Å². The number of hydrogen-bond acceptors (Lipinski definition) is 6. The predicted octanol–water partition coefficient (Wildman–Crippen LogP) is 3.05. The Balaban J connectivity index is 2.16. The van der Waals surface area contributed by atoms with Crippen LogP contribution in [0.3, 0.4) is 0 Å². The molecule has 0 aliphatic carbocycles. The molecule has 2 aromatic rings. The third kappa shape index (κ3) is 3.53. The van der Waals surface area contributed by atoms with Crippen LogP contribution < -0.4 is 5.32 Å². The zero-order chi connectivity index (χ0) is 18.4. The number of thioether (sulfide) groups is 1. The topological polar surface area (TPSA) is 79.3 Å². The normalized spacial score (nSPS) is 19.3. The van der Waals surface area contributed by atoms with Gasteiger partial charge in [0.05, 0.1) is 16.1 Å². The summed E-state index contributed by atoms with van der Waals surface area (Å²) in [5.74, 6) is 0.551. The quantitative estimate of drug-likeness (QED) is 0.789. The van der Waals surface area contributed by atoms with Gasteiger partial charge in [-0.05, 0) is 12.1 Å². The van der Waals surface area contributed by atoms with Gasteiger partial charge in [-0.2, -0.15) is 24.9 Å². The lowest BCUT2D eigenvalue weighted by Gasteiger charge is -2.23. The van der Waals surface area contributed by atoms with Crippen LogP contribution in [0.4, 0.5) is 13.2 Å². The van der Waals surface area contributed by atoms with Gasteiger partial charge in [-0.3, -0.25) is 5.32 Å². The molecule has 3 rings (SSSR count). The van der Waals surface area contributed by atoms with Crippen LogP contribution in [0.1, 0.15) is 5.56 Å². The number of aromatic hydroxyl groups is 1. The summed E-state index contributed by atoms with van der Waals surface area (Å²) in [6.45, 7) is 0.488. The smallest absolute Gasteiger partial charge is 0.417 e. The third-order valence-corrected chi connectivity index (χ3v) is 7.17. The maximum Gasteiger partial charge on any atom is 0.417 e. The molecule has 1 aliphatic rings. The Hall–Kier alpha value is -1.23. The molecular weight excluding hydrogens is 401 g/mol. The van der Waals surface area contributed by atoms with Crippen LogP contribution in [0.2, 0.25) is 5.02 Å². The standard InChI is InChI=1S/C14H12ClF3N2O3S2/c15-9-3-7-10(4-8(9)14(16,17)18)20-12(5-11(7)21)25(22,23)13-6-24-2-1-19-13/h3-5,13,19H,1-2,6H2,(H,20,21). The number of alkyl halides is 3. The second kappa shape index (κ2) is 6.49. The highest BCUT2D eigenvalue weighted by molar-refractivity contribution is 8.01. The minimum atomic E-state index is -4.72. The fourth-order valence-electron chi connectivity index (χ4n) is 2.45. The molecule has 1 aromatic heterocycles. The predicted molar refractivity (Wildman–Crippen MR) is 89.7 cm³/mol. The number of benzene rings is 1. The van der Waals surface area contributed by atoms with Gasteiger partial charge >= 0.3 is 6.18 Å². The van der Waals surface area contributed by atoms with Crippen LogP contribution in [0.5, 0.6) is 5.75 Å². The van der Waals surface area contributed by atoms with E-state index >= 15 is 0 Å². The van der Waals surface area contributed by atoms with Gasteiger partial charge in [0, 0.05) is 29.5 Å². The van der Waals surface area contributed by atoms with Crippen molar-refractivity contribution < 1.29 is 26.7 Å². The Morgan fingerprint density at radius 3 is 2.64 bits per heavy atom. The molecule has 0 amide bonds. The van der Waals surface area contributed by atoms with Crippen molar-refractivity contribution in [3.05, 3.63) is 28.8 Å². The lowest BCUT2D eigenvalue weighted by molar-refractivity contribution is -0.137. The summed E-state index contributed by atoms with van der Waals surface area (Å²) < 4.78 is 64.3. The second-order valence-electron chi connectivity index (χ2n) is 5.39. The van der Waals surface area contributed by atoms with Crippen LogP contribution in [0.25, 0.3) is 10.9 Å². The summed E-state index contributed by atoms with van der Waals surface area (Å²) in [4.78, 5) is 3.84. The number of halogens is 4. The maximum atomic E-state index is 13.0. The lowest BCUT2D eigenvalue weighted by atomic mass is 10.1. The molecule has 11 heteroatoms. The summed E-state index contributed by atoms with van der Waals surface area (Å²) >= 11 is 7.06. The number of pyridine rings is 1. The molecule has 136 valence electrons. The van der Waals surface area contributed by atoms with E-state index in [0.717, 1.165) is 17.9 Å². The summed E-state index contributed by atoms with van der Waals surface area (Å²) in [6, 6.07) is 2.49. The second-order valence-corrected chi connectivity index (χ2v) is 9.02. The first-order valence-electron chi connectivity index (χ1n) is 7.06. The average Bonchev–Trinajstić information content (AvgIpc) is 2.54. The molecule has 1 atom stereocenters. The van der Waals surface area contributed by atoms with E-state index in [-0.39, 0.29) is 16.7 Å². The maximum absolute atomic E-state index is 13.0. The first-order chi connectivity index (χ1) is 11.6. The van der Waals surface area contributed by atoms with Crippen LogP contribution >= 0.6 is 23.4 Å². The van der Waals surface area contributed by atoms with E-state index < -0.39 is 42.7 Å². The Bertz CT molecular complexity index is 929. The minimum absolute atomic E-state index is 0.0528. The van der Waals surface area contributed by atoms with Crippen molar-refractivity contribution in [2.45, 2.75) is 16.6 Å². The molecule has 1 fully saturated rings. The fourth-order valence-corrected chi connectivity index (χ4v) is 5.62. The molecule has 0 bridgehead atoms. The molecule has 1 aromatic carbocycles. The van der Waals surface area contributed by atoms with Gasteiger partial charge in [0.15, 0.2) is 5.03 Å². The van der Waals surface area contributed by atoms with Crippen molar-refractivity contribution in [1.29, 1.82) is 0 Å². The van der Waals surface area contributed by atoms with E-state index in [1.807, 2.05) is 0 Å². The Labute approximate surface area is 150 Å². The minimum Gasteiger partial charge on any atom is -0.507 e. The molecular formula is C14H12ClF3N2O3S2. The molecule has 5 nitrogen and oxygen atoms in total. The van der Waals surface area contributed by atoms with Gasteiger partial charge < -0.3 is 5.11 Å². The Kier molecular flexibility index (Phi) is 4.82. The first kappa shape index (κ1) is 18.6. The van der Waals surface area contributed by atoms with Gasteiger partial charge in [0.2, 0.25) is 9.84 Å². The van der Waals surface area contributed by atoms with Crippen molar-refractivity contribution >= 4 is 44.1 Å². The number of nitrogens with zero attached hydrogens (tertiary/aromatic N) is 1. The van der Waals surface area contributed by atoms with Crippen LogP contribution in [-0.4, -0.2) is 41.9 Å². The molecule has 2 N–H and O–H groups in total. The van der Waals surface area contributed by atoms with Gasteiger partial charge in [-0.25, -0.2) is 13.4 Å². The van der Waals surface area contributed by atoms with Crippen molar-refractivity contribution in [2.75, 3.05) is 18.1 Å². The number of nitrogens with one attached hydrogen (secondary N) is 1. The number of aromatic nitrogens is 1. The van der Waals surface area contributed by atoms with E-state index in [2.05, 4.69) is 10.3 Å². The summed E-state index contributed by atoms with van der Waals surface area (Å²) in [6.07, 6.45) is -4.72. The SMILES string of the molecule is O=S(=O)(c1cc(O)c2cc(Cl)c(C(F)(F)F)cc2n1)C1CSCCN1. The van der Waals surface area contributed by atoms with Gasteiger partial charge in [-0.1, -0.05) is 11.6 Å². The molecule has 1 aliphatic heterocycles. The molecule has 2 heterocycles. The van der Waals surface area contributed by atoms with Crippen LogP contribution in [0.15, 0.2) is 23.2 Å². The molecule has 1 unspecified atom stereocenters. The van der Waals surface area contributed by atoms with Gasteiger partial charge in [0.1, 0.15) is 11.1 Å². The van der Waals surface area contributed by atoms with Crippen LogP contribution in [0, 0.1) is 0 Å². The molecule has 0 saturated carbocycles. The highest BCUT2D eigenvalue weighted by atomic mass is 35.5. The monoisotopic (exact) mass is 412 g/mol. The van der Waals surface area contributed by atoms with E-state index in [4.69, 9.17) is 11.6 Å².